The summed E-state index contributed by atoms with van der Waals surface area (Å²) in [6, 6.07) is 0. The fraction of sp³-hybridized carbons (Fsp3) is 0.818. The molecule has 1 aromatic rings. The van der Waals surface area contributed by atoms with E-state index in [0.29, 0.717) is 18.4 Å². The molecule has 2 rings (SSSR count). The van der Waals surface area contributed by atoms with Crippen LogP contribution in [0.2, 0.25) is 0 Å². The fourth-order valence-electron chi connectivity index (χ4n) is 2.33. The lowest BCUT2D eigenvalue weighted by Gasteiger charge is -2.28. The van der Waals surface area contributed by atoms with Gasteiger partial charge in [-0.3, -0.25) is 0 Å². The Kier molecular flexibility index (Phi) is 4.09. The monoisotopic (exact) mass is 279 g/mol. The average molecular weight is 279 g/mol. The summed E-state index contributed by atoms with van der Waals surface area (Å²) in [6.07, 6.45) is 0.360. The summed E-state index contributed by atoms with van der Waals surface area (Å²) in [5.41, 5.74) is 0. The maximum atomic E-state index is 12.3. The summed E-state index contributed by atoms with van der Waals surface area (Å²) in [6.45, 7) is 2.89. The quantitative estimate of drug-likeness (QED) is 0.914. The zero-order valence-corrected chi connectivity index (χ0v) is 10.9. The van der Waals surface area contributed by atoms with Gasteiger partial charge >= 0.3 is 6.18 Å². The number of rotatable bonds is 3. The molecule has 2 unspecified atom stereocenters. The molecule has 1 N–H and O–H groups in total. The molecule has 1 fully saturated rings. The van der Waals surface area contributed by atoms with E-state index in [1.165, 1.54) is 19.3 Å². The molecule has 2 atom stereocenters. The largest absolute Gasteiger partial charge is 0.452 e. The first-order chi connectivity index (χ1) is 8.47. The molecule has 0 spiro atoms. The van der Waals surface area contributed by atoms with Gasteiger partial charge in [-0.25, -0.2) is 0 Å². The molecule has 0 radical (unpaired) electrons. The van der Waals surface area contributed by atoms with Crippen molar-refractivity contribution in [3.8, 4) is 0 Å². The van der Waals surface area contributed by atoms with Crippen molar-refractivity contribution < 1.29 is 13.2 Å². The molecule has 18 heavy (non-hydrogen) atoms. The van der Waals surface area contributed by atoms with E-state index < -0.39 is 12.0 Å². The van der Waals surface area contributed by atoms with Crippen molar-refractivity contribution in [1.82, 2.24) is 9.36 Å². The number of hydrogen-bond acceptors (Lipinski definition) is 4. The van der Waals surface area contributed by atoms with Gasteiger partial charge in [0.1, 0.15) is 0 Å². The number of nitrogens with one attached hydrogen (secondary N) is 1. The fourth-order valence-corrected chi connectivity index (χ4v) is 2.92. The lowest BCUT2D eigenvalue weighted by molar-refractivity contribution is -0.144. The van der Waals surface area contributed by atoms with Gasteiger partial charge in [0.05, 0.1) is 0 Å². The van der Waals surface area contributed by atoms with Crippen molar-refractivity contribution in [2.75, 3.05) is 11.9 Å². The number of aromatic nitrogens is 2. The Morgan fingerprint density at radius 1 is 1.33 bits per heavy atom. The molecule has 1 saturated carbocycles. The van der Waals surface area contributed by atoms with E-state index in [1.807, 2.05) is 0 Å². The number of hydrogen-bond donors (Lipinski definition) is 1. The molecule has 1 aliphatic rings. The van der Waals surface area contributed by atoms with Gasteiger partial charge in [-0.15, -0.1) is 0 Å². The summed E-state index contributed by atoms with van der Waals surface area (Å²) in [7, 11) is 0. The summed E-state index contributed by atoms with van der Waals surface area (Å²) in [4.78, 5) is 3.46. The molecule has 7 heteroatoms. The second-order valence-corrected chi connectivity index (χ2v) is 5.58. The predicted molar refractivity (Wildman–Crippen MR) is 64.5 cm³/mol. The first kappa shape index (κ1) is 13.6. The predicted octanol–water partition coefficient (Wildman–Crippen LogP) is 3.80. The van der Waals surface area contributed by atoms with E-state index in [2.05, 4.69) is 21.6 Å². The van der Waals surface area contributed by atoms with Crippen molar-refractivity contribution in [2.24, 2.45) is 11.8 Å². The average Bonchev–Trinajstić information content (AvgIpc) is 2.76. The third-order valence-corrected chi connectivity index (χ3v) is 4.16. The highest BCUT2D eigenvalue weighted by molar-refractivity contribution is 7.09. The van der Waals surface area contributed by atoms with Crippen LogP contribution in [0.5, 0.6) is 0 Å². The van der Waals surface area contributed by atoms with Crippen molar-refractivity contribution in [3.63, 3.8) is 0 Å². The van der Waals surface area contributed by atoms with Crippen LogP contribution in [-0.2, 0) is 6.18 Å². The molecule has 1 heterocycles. The van der Waals surface area contributed by atoms with Gasteiger partial charge in [0, 0.05) is 18.1 Å². The Bertz CT molecular complexity index is 391. The van der Waals surface area contributed by atoms with Gasteiger partial charge in [-0.05, 0) is 18.3 Å². The van der Waals surface area contributed by atoms with Crippen LogP contribution in [-0.4, -0.2) is 15.9 Å². The molecule has 3 nitrogen and oxygen atoms in total. The second-order valence-electron chi connectivity index (χ2n) is 4.82. The van der Waals surface area contributed by atoms with E-state index >= 15 is 0 Å². The Labute approximate surface area is 108 Å². The number of anilines is 1. The van der Waals surface area contributed by atoms with Gasteiger partial charge in [0.25, 0.3) is 0 Å². The van der Waals surface area contributed by atoms with Gasteiger partial charge in [-0.1, -0.05) is 26.2 Å². The highest BCUT2D eigenvalue weighted by Crippen LogP contribution is 2.31. The van der Waals surface area contributed by atoms with Crippen molar-refractivity contribution in [1.29, 1.82) is 0 Å². The van der Waals surface area contributed by atoms with Gasteiger partial charge in [-0.2, -0.15) is 22.5 Å². The van der Waals surface area contributed by atoms with E-state index in [4.69, 9.17) is 0 Å². The Balaban J connectivity index is 1.88. The minimum Gasteiger partial charge on any atom is -0.360 e. The Hall–Kier alpha value is -0.850. The highest BCUT2D eigenvalue weighted by Gasteiger charge is 2.36. The lowest BCUT2D eigenvalue weighted by atomic mass is 9.80. The first-order valence-electron chi connectivity index (χ1n) is 6.11. The van der Waals surface area contributed by atoms with Crippen molar-refractivity contribution in [3.05, 3.63) is 5.82 Å². The Morgan fingerprint density at radius 3 is 2.67 bits per heavy atom. The number of nitrogens with zero attached hydrogens (tertiary/aromatic N) is 2. The first-order valence-corrected chi connectivity index (χ1v) is 6.89. The third kappa shape index (κ3) is 3.34. The zero-order valence-electron chi connectivity index (χ0n) is 10.1. The Morgan fingerprint density at radius 2 is 2.06 bits per heavy atom. The molecule has 102 valence electrons. The maximum absolute atomic E-state index is 12.3. The minimum absolute atomic E-state index is 0.264. The number of halogens is 3. The SMILES string of the molecule is CC1CCCCC1CNc1nc(C(F)(F)F)ns1. The molecule has 1 aliphatic carbocycles. The molecule has 0 bridgehead atoms. The van der Waals surface area contributed by atoms with Crippen LogP contribution in [0.1, 0.15) is 38.4 Å². The summed E-state index contributed by atoms with van der Waals surface area (Å²) >= 11 is 0.774. The number of alkyl halides is 3. The third-order valence-electron chi connectivity index (χ3n) is 3.48. The molecule has 0 aliphatic heterocycles. The van der Waals surface area contributed by atoms with Crippen LogP contribution in [0.4, 0.5) is 18.3 Å². The van der Waals surface area contributed by atoms with Gasteiger partial charge in [0.15, 0.2) is 0 Å². The van der Waals surface area contributed by atoms with E-state index in [9.17, 15) is 13.2 Å². The van der Waals surface area contributed by atoms with Crippen LogP contribution in [0.3, 0.4) is 0 Å². The molecule has 1 aromatic heterocycles. The van der Waals surface area contributed by atoms with Crippen LogP contribution in [0.15, 0.2) is 0 Å². The standard InChI is InChI=1S/C11H16F3N3S/c1-7-4-2-3-5-8(7)6-15-10-16-9(17-18-10)11(12,13)14/h7-8H,2-6H2,1H3,(H,15,16,17). The van der Waals surface area contributed by atoms with E-state index in [0.717, 1.165) is 18.0 Å². The van der Waals surface area contributed by atoms with Crippen LogP contribution in [0, 0.1) is 11.8 Å². The molecule has 0 amide bonds. The van der Waals surface area contributed by atoms with Crippen LogP contribution >= 0.6 is 11.5 Å². The summed E-state index contributed by atoms with van der Waals surface area (Å²) in [5.74, 6) is 0.102. The van der Waals surface area contributed by atoms with E-state index in [1.54, 1.807) is 0 Å². The lowest BCUT2D eigenvalue weighted by Crippen LogP contribution is -2.24. The minimum atomic E-state index is -4.45. The highest BCUT2D eigenvalue weighted by atomic mass is 32.1. The van der Waals surface area contributed by atoms with Crippen LogP contribution in [0.25, 0.3) is 0 Å². The maximum Gasteiger partial charge on any atom is 0.452 e. The molecule has 0 aromatic carbocycles. The van der Waals surface area contributed by atoms with Gasteiger partial charge < -0.3 is 5.32 Å². The molecular formula is C11H16F3N3S. The topological polar surface area (TPSA) is 37.8 Å². The second kappa shape index (κ2) is 5.42. The molecule has 0 saturated heterocycles. The summed E-state index contributed by atoms with van der Waals surface area (Å²) < 4.78 is 40.2. The van der Waals surface area contributed by atoms with Crippen LogP contribution < -0.4 is 5.32 Å². The van der Waals surface area contributed by atoms with Gasteiger partial charge in [0.2, 0.25) is 11.0 Å². The van der Waals surface area contributed by atoms with E-state index in [-0.39, 0.29) is 5.13 Å². The zero-order chi connectivity index (χ0) is 13.2. The van der Waals surface area contributed by atoms with Crippen molar-refractivity contribution >= 4 is 16.7 Å². The smallest absolute Gasteiger partial charge is 0.360 e. The summed E-state index contributed by atoms with van der Waals surface area (Å²) in [5, 5.41) is 3.25. The normalized spacial score (nSPS) is 25.1. The van der Waals surface area contributed by atoms with Crippen molar-refractivity contribution in [2.45, 2.75) is 38.8 Å². The molecular weight excluding hydrogens is 263 g/mol.